The number of alkyl halides is 12. The van der Waals surface area contributed by atoms with Gasteiger partial charge in [0, 0.05) is 5.69 Å². The summed E-state index contributed by atoms with van der Waals surface area (Å²) in [5.41, 5.74) is 0.250. The fourth-order valence-corrected chi connectivity index (χ4v) is 1.98. The van der Waals surface area contributed by atoms with Gasteiger partial charge in [-0.3, -0.25) is 4.79 Å². The molecule has 0 fully saturated rings. The van der Waals surface area contributed by atoms with Gasteiger partial charge in [0.2, 0.25) is 0 Å². The number of aryl methyl sites for hydroxylation is 2. The third-order valence-corrected chi connectivity index (χ3v) is 3.50. The maximum absolute atomic E-state index is 13.7. The van der Waals surface area contributed by atoms with Crippen LogP contribution in [0.2, 0.25) is 0 Å². The normalized spacial score (nSPS) is 14.3. The molecule has 15 heteroatoms. The van der Waals surface area contributed by atoms with Gasteiger partial charge in [0.25, 0.3) is 0 Å². The van der Waals surface area contributed by atoms with Gasteiger partial charge >= 0.3 is 41.9 Å². The molecule has 0 aromatic carbocycles. The highest BCUT2D eigenvalue weighted by atomic mass is 19.4. The number of amides is 1. The summed E-state index contributed by atoms with van der Waals surface area (Å²) >= 11 is 0. The van der Waals surface area contributed by atoms with Crippen molar-refractivity contribution in [3.8, 4) is 0 Å². The first kappa shape index (κ1) is 24.8. The molecule has 1 rings (SSSR count). The van der Waals surface area contributed by atoms with E-state index in [1.165, 1.54) is 19.9 Å². The first-order chi connectivity index (χ1) is 12.7. The van der Waals surface area contributed by atoms with Crippen LogP contribution in [-0.2, 0) is 4.79 Å². The lowest BCUT2D eigenvalue weighted by Crippen LogP contribution is -2.70. The van der Waals surface area contributed by atoms with Crippen molar-refractivity contribution in [2.75, 3.05) is 5.32 Å². The minimum Gasteiger partial charge on any atom is -0.305 e. The van der Waals surface area contributed by atoms with Crippen LogP contribution in [0.25, 0.3) is 0 Å². The quantitative estimate of drug-likeness (QED) is 0.589. The van der Waals surface area contributed by atoms with Crippen LogP contribution < -0.4 is 5.32 Å². The fourth-order valence-electron chi connectivity index (χ4n) is 1.98. The Kier molecular flexibility index (Phi) is 6.19. The van der Waals surface area contributed by atoms with Crippen molar-refractivity contribution in [3.63, 3.8) is 0 Å². The molecule has 3 nitrogen and oxygen atoms in total. The van der Waals surface area contributed by atoms with Gasteiger partial charge in [-0.25, -0.2) is 13.8 Å². The summed E-state index contributed by atoms with van der Waals surface area (Å²) in [7, 11) is 0. The Morgan fingerprint density at radius 2 is 1.34 bits per heavy atom. The van der Waals surface area contributed by atoms with Crippen molar-refractivity contribution in [2.45, 2.75) is 49.9 Å². The SMILES string of the molecule is Cc1cc(C)nc(NC(=O)C(F)(F)C(F)(F)C(F)(F)C(F)(F)C(F)(F)C(F)F)c1. The van der Waals surface area contributed by atoms with Crippen LogP contribution in [0.4, 0.5) is 58.5 Å². The van der Waals surface area contributed by atoms with Crippen molar-refractivity contribution in [2.24, 2.45) is 0 Å². The molecule has 1 amide bonds. The topological polar surface area (TPSA) is 42.0 Å². The molecule has 1 aromatic rings. The Morgan fingerprint density at radius 1 is 0.862 bits per heavy atom. The first-order valence-corrected chi connectivity index (χ1v) is 7.17. The van der Waals surface area contributed by atoms with E-state index in [9.17, 15) is 57.5 Å². The van der Waals surface area contributed by atoms with E-state index >= 15 is 0 Å². The summed E-state index contributed by atoms with van der Waals surface area (Å²) in [6.45, 7) is 2.56. The van der Waals surface area contributed by atoms with Gasteiger partial charge < -0.3 is 5.32 Å². The Bertz CT molecular complexity index is 758. The molecule has 1 heterocycles. The van der Waals surface area contributed by atoms with Gasteiger partial charge in [-0.2, -0.15) is 43.9 Å². The molecule has 1 N–H and O–H groups in total. The minimum absolute atomic E-state index is 0.0313. The fraction of sp³-hybridized carbons (Fsp3) is 0.571. The number of hydrogen-bond donors (Lipinski definition) is 1. The molecule has 0 radical (unpaired) electrons. The summed E-state index contributed by atoms with van der Waals surface area (Å²) in [6, 6.07) is 2.11. The number of rotatable bonds is 7. The van der Waals surface area contributed by atoms with Gasteiger partial charge in [0.05, 0.1) is 0 Å². The molecule has 0 aliphatic rings. The second-order valence-corrected chi connectivity index (χ2v) is 5.85. The number of hydrogen-bond acceptors (Lipinski definition) is 2. The smallest absolute Gasteiger partial charge is 0.305 e. The maximum Gasteiger partial charge on any atom is 0.393 e. The van der Waals surface area contributed by atoms with E-state index < -0.39 is 47.8 Å². The van der Waals surface area contributed by atoms with Crippen LogP contribution in [-0.4, -0.2) is 46.9 Å². The minimum atomic E-state index is -7.77. The molecule has 29 heavy (non-hydrogen) atoms. The van der Waals surface area contributed by atoms with Crippen LogP contribution in [0.15, 0.2) is 12.1 Å². The van der Waals surface area contributed by atoms with E-state index in [4.69, 9.17) is 0 Å². The molecule has 1 aromatic heterocycles. The van der Waals surface area contributed by atoms with E-state index in [2.05, 4.69) is 4.98 Å². The predicted octanol–water partition coefficient (Wildman–Crippen LogP) is 5.08. The van der Waals surface area contributed by atoms with E-state index in [0.717, 1.165) is 11.4 Å². The number of halogens is 12. The molecule has 166 valence electrons. The molecule has 0 spiro atoms. The molecule has 0 aliphatic heterocycles. The Hall–Kier alpha value is -2.22. The number of carbonyl (C=O) groups excluding carboxylic acids is 1. The molecule has 0 saturated carbocycles. The Labute approximate surface area is 154 Å². The van der Waals surface area contributed by atoms with Crippen molar-refractivity contribution in [3.05, 3.63) is 23.4 Å². The third-order valence-electron chi connectivity index (χ3n) is 3.50. The predicted molar refractivity (Wildman–Crippen MR) is 73.1 cm³/mol. The van der Waals surface area contributed by atoms with Crippen molar-refractivity contribution < 1.29 is 57.5 Å². The first-order valence-electron chi connectivity index (χ1n) is 7.17. The average molecular weight is 450 g/mol. The molecule has 0 saturated heterocycles. The Morgan fingerprint density at radius 3 is 1.76 bits per heavy atom. The number of pyridine rings is 1. The van der Waals surface area contributed by atoms with Crippen molar-refractivity contribution in [1.82, 2.24) is 4.98 Å². The Balaban J connectivity index is 3.37. The van der Waals surface area contributed by atoms with Gasteiger partial charge in [0.15, 0.2) is 0 Å². The van der Waals surface area contributed by atoms with Gasteiger partial charge in [-0.05, 0) is 31.5 Å². The van der Waals surface area contributed by atoms with Crippen LogP contribution in [0.5, 0.6) is 0 Å². The highest BCUT2D eigenvalue weighted by Crippen LogP contribution is 2.58. The highest BCUT2D eigenvalue weighted by Gasteiger charge is 2.89. The number of nitrogens with one attached hydrogen (secondary N) is 1. The van der Waals surface area contributed by atoms with E-state index in [1.54, 1.807) is 0 Å². The largest absolute Gasteiger partial charge is 0.393 e. The van der Waals surface area contributed by atoms with Gasteiger partial charge in [0.1, 0.15) is 5.82 Å². The third kappa shape index (κ3) is 3.82. The zero-order valence-corrected chi connectivity index (χ0v) is 14.1. The monoisotopic (exact) mass is 450 g/mol. The van der Waals surface area contributed by atoms with E-state index in [1.807, 2.05) is 0 Å². The lowest BCUT2D eigenvalue weighted by molar-refractivity contribution is -0.406. The van der Waals surface area contributed by atoms with Crippen molar-refractivity contribution >= 4 is 11.7 Å². The molecule has 0 aliphatic carbocycles. The number of anilines is 1. The molecule has 0 unspecified atom stereocenters. The van der Waals surface area contributed by atoms with E-state index in [0.29, 0.717) is 0 Å². The summed E-state index contributed by atoms with van der Waals surface area (Å²) in [6.07, 6.45) is -5.61. The summed E-state index contributed by atoms with van der Waals surface area (Å²) in [4.78, 5) is 14.7. The van der Waals surface area contributed by atoms with Crippen LogP contribution in [0, 0.1) is 13.8 Å². The number of nitrogens with zero attached hydrogens (tertiary/aromatic N) is 1. The average Bonchev–Trinajstić information content (AvgIpc) is 2.52. The maximum atomic E-state index is 13.7. The highest BCUT2D eigenvalue weighted by molar-refractivity contribution is 5.96. The summed E-state index contributed by atoms with van der Waals surface area (Å²) in [5, 5.41) is 0.961. The zero-order chi connectivity index (χ0) is 23.2. The van der Waals surface area contributed by atoms with E-state index in [-0.39, 0.29) is 11.3 Å². The van der Waals surface area contributed by atoms with Crippen molar-refractivity contribution in [1.29, 1.82) is 0 Å². The zero-order valence-electron chi connectivity index (χ0n) is 14.1. The standard InChI is InChI=1S/C14H10F12N2O/c1-5-3-6(2)27-7(4-5)28-9(29)11(19,20)13(23,24)14(25,26)12(21,22)10(17,18)8(15)16/h3-4,8H,1-2H3,(H,27,28,29). The van der Waals surface area contributed by atoms with Crippen LogP contribution in [0.3, 0.4) is 0 Å². The second kappa shape index (κ2) is 7.23. The number of carbonyl (C=O) groups is 1. The summed E-state index contributed by atoms with van der Waals surface area (Å²) in [5.74, 6) is -41.0. The van der Waals surface area contributed by atoms with Crippen LogP contribution >= 0.6 is 0 Å². The second-order valence-electron chi connectivity index (χ2n) is 5.85. The molecule has 0 atom stereocenters. The van der Waals surface area contributed by atoms with Gasteiger partial charge in [-0.1, -0.05) is 0 Å². The summed E-state index contributed by atoms with van der Waals surface area (Å²) < 4.78 is 157. The molecule has 0 bridgehead atoms. The van der Waals surface area contributed by atoms with Gasteiger partial charge in [-0.15, -0.1) is 0 Å². The molecular formula is C14H10F12N2O. The number of aromatic nitrogens is 1. The lowest BCUT2D eigenvalue weighted by Gasteiger charge is -2.38. The van der Waals surface area contributed by atoms with Crippen LogP contribution in [0.1, 0.15) is 11.3 Å². The molecular weight excluding hydrogens is 440 g/mol. The lowest BCUT2D eigenvalue weighted by atomic mass is 9.94.